The van der Waals surface area contributed by atoms with Crippen molar-refractivity contribution in [1.29, 1.82) is 5.26 Å². The fourth-order valence-corrected chi connectivity index (χ4v) is 1.87. The summed E-state index contributed by atoms with van der Waals surface area (Å²) in [5.74, 6) is 0.00739. The maximum atomic E-state index is 11.4. The van der Waals surface area contributed by atoms with Crippen molar-refractivity contribution in [3.8, 4) is 6.07 Å². The lowest BCUT2D eigenvalue weighted by Crippen LogP contribution is -2.31. The summed E-state index contributed by atoms with van der Waals surface area (Å²) >= 11 is 3.30. The highest BCUT2D eigenvalue weighted by atomic mass is 79.9. The number of rotatable bonds is 4. The molecule has 1 aromatic carbocycles. The Labute approximate surface area is 108 Å². The minimum absolute atomic E-state index is 0.00739. The zero-order valence-electron chi connectivity index (χ0n) is 9.16. The number of halogens is 1. The lowest BCUT2D eigenvalue weighted by molar-refractivity contribution is -0.119. The van der Waals surface area contributed by atoms with Crippen LogP contribution < -0.4 is 10.6 Å². The van der Waals surface area contributed by atoms with Crippen LogP contribution in [0.15, 0.2) is 22.7 Å². The summed E-state index contributed by atoms with van der Waals surface area (Å²) in [7, 11) is 0. The van der Waals surface area contributed by atoms with E-state index < -0.39 is 0 Å². The second-order valence-corrected chi connectivity index (χ2v) is 4.86. The van der Waals surface area contributed by atoms with E-state index in [9.17, 15) is 4.79 Å². The summed E-state index contributed by atoms with van der Waals surface area (Å²) in [5, 5.41) is 14.7. The number of carbonyl (C=O) groups is 1. The number of nitrogens with one attached hydrogen (secondary N) is 2. The summed E-state index contributed by atoms with van der Waals surface area (Å²) < 4.78 is 0.729. The minimum atomic E-state index is 0.00739. The van der Waals surface area contributed by atoms with E-state index in [0.29, 0.717) is 11.6 Å². The quantitative estimate of drug-likeness (QED) is 0.892. The average molecular weight is 294 g/mol. The first-order valence-electron chi connectivity index (χ1n) is 5.42. The van der Waals surface area contributed by atoms with Gasteiger partial charge in [-0.3, -0.25) is 4.79 Å². The van der Waals surface area contributed by atoms with E-state index >= 15 is 0 Å². The largest absolute Gasteiger partial charge is 0.376 e. The third kappa shape index (κ3) is 3.46. The Bertz CT molecular complexity index is 477. The molecule has 1 aliphatic rings. The van der Waals surface area contributed by atoms with Gasteiger partial charge in [-0.1, -0.05) is 0 Å². The summed E-state index contributed by atoms with van der Waals surface area (Å²) in [6, 6.07) is 7.75. The monoisotopic (exact) mass is 293 g/mol. The molecule has 1 aliphatic carbocycles. The fraction of sp³-hybridized carbons (Fsp3) is 0.333. The van der Waals surface area contributed by atoms with Crippen LogP contribution in [0.5, 0.6) is 0 Å². The zero-order chi connectivity index (χ0) is 12.3. The van der Waals surface area contributed by atoms with Gasteiger partial charge < -0.3 is 10.6 Å². The molecule has 0 spiro atoms. The summed E-state index contributed by atoms with van der Waals surface area (Å²) in [5.41, 5.74) is 1.40. The van der Waals surface area contributed by atoms with Crippen molar-refractivity contribution in [3.63, 3.8) is 0 Å². The lowest BCUT2D eigenvalue weighted by Gasteiger charge is -2.07. The van der Waals surface area contributed by atoms with E-state index in [1.54, 1.807) is 18.2 Å². The number of amides is 1. The maximum absolute atomic E-state index is 11.4. The molecule has 17 heavy (non-hydrogen) atoms. The Hall–Kier alpha value is -1.54. The van der Waals surface area contributed by atoms with Crippen LogP contribution in [0.4, 0.5) is 5.69 Å². The molecule has 0 bridgehead atoms. The molecule has 1 aromatic rings. The second-order valence-electron chi connectivity index (χ2n) is 4.00. The molecule has 2 rings (SSSR count). The van der Waals surface area contributed by atoms with Gasteiger partial charge in [-0.15, -0.1) is 0 Å². The topological polar surface area (TPSA) is 64.9 Å². The van der Waals surface area contributed by atoms with Gasteiger partial charge in [0, 0.05) is 16.2 Å². The zero-order valence-corrected chi connectivity index (χ0v) is 10.8. The van der Waals surface area contributed by atoms with Gasteiger partial charge in [-0.25, -0.2) is 0 Å². The molecule has 4 nitrogen and oxygen atoms in total. The van der Waals surface area contributed by atoms with E-state index in [1.807, 2.05) is 0 Å². The van der Waals surface area contributed by atoms with E-state index in [2.05, 4.69) is 32.6 Å². The van der Waals surface area contributed by atoms with Crippen molar-refractivity contribution in [3.05, 3.63) is 28.2 Å². The standard InChI is InChI=1S/C12H12BrN3O/c13-11-5-10(2-1-8(11)6-14)15-7-12(17)16-9-3-4-9/h1-2,5,9,15H,3-4,7H2,(H,16,17). The lowest BCUT2D eigenvalue weighted by atomic mass is 10.2. The van der Waals surface area contributed by atoms with Gasteiger partial charge >= 0.3 is 0 Å². The highest BCUT2D eigenvalue weighted by molar-refractivity contribution is 9.10. The third-order valence-corrected chi connectivity index (χ3v) is 3.14. The molecular formula is C12H12BrN3O. The molecule has 1 amide bonds. The predicted molar refractivity (Wildman–Crippen MR) is 68.5 cm³/mol. The van der Waals surface area contributed by atoms with E-state index in [0.717, 1.165) is 23.0 Å². The van der Waals surface area contributed by atoms with Crippen LogP contribution in [-0.2, 0) is 4.79 Å². The smallest absolute Gasteiger partial charge is 0.239 e. The second kappa shape index (κ2) is 5.19. The molecule has 0 heterocycles. The van der Waals surface area contributed by atoms with E-state index in [1.165, 1.54) is 0 Å². The molecule has 2 N–H and O–H groups in total. The van der Waals surface area contributed by atoms with Crippen molar-refractivity contribution in [2.45, 2.75) is 18.9 Å². The SMILES string of the molecule is N#Cc1ccc(NCC(=O)NC2CC2)cc1Br. The van der Waals surface area contributed by atoms with Gasteiger partial charge in [0.2, 0.25) is 5.91 Å². The highest BCUT2D eigenvalue weighted by Crippen LogP contribution is 2.21. The first kappa shape index (κ1) is 11.9. The third-order valence-electron chi connectivity index (χ3n) is 2.49. The molecule has 0 atom stereocenters. The normalized spacial score (nSPS) is 13.9. The average Bonchev–Trinajstić information content (AvgIpc) is 3.10. The molecule has 1 fully saturated rings. The molecule has 1 saturated carbocycles. The summed E-state index contributed by atoms with van der Waals surface area (Å²) in [4.78, 5) is 11.4. The molecule has 0 aromatic heterocycles. The molecule has 0 aliphatic heterocycles. The van der Waals surface area contributed by atoms with Gasteiger partial charge in [0.15, 0.2) is 0 Å². The van der Waals surface area contributed by atoms with Gasteiger partial charge in [0.1, 0.15) is 6.07 Å². The van der Waals surface area contributed by atoms with Crippen LogP contribution in [0.1, 0.15) is 18.4 Å². The maximum Gasteiger partial charge on any atom is 0.239 e. The van der Waals surface area contributed by atoms with E-state index in [4.69, 9.17) is 5.26 Å². The number of nitriles is 1. The van der Waals surface area contributed by atoms with Crippen LogP contribution in [0, 0.1) is 11.3 Å². The van der Waals surface area contributed by atoms with Crippen LogP contribution in [-0.4, -0.2) is 18.5 Å². The summed E-state index contributed by atoms with van der Waals surface area (Å²) in [6.45, 7) is 0.259. The molecule has 88 valence electrons. The first-order chi connectivity index (χ1) is 8.19. The number of hydrogen-bond donors (Lipinski definition) is 2. The molecular weight excluding hydrogens is 282 g/mol. The van der Waals surface area contributed by atoms with Gasteiger partial charge in [0.05, 0.1) is 12.1 Å². The number of benzene rings is 1. The number of carbonyl (C=O) groups excluding carboxylic acids is 1. The Morgan fingerprint density at radius 1 is 1.53 bits per heavy atom. The van der Waals surface area contributed by atoms with Crippen LogP contribution in [0.25, 0.3) is 0 Å². The van der Waals surface area contributed by atoms with Crippen LogP contribution in [0.3, 0.4) is 0 Å². The Morgan fingerprint density at radius 3 is 2.88 bits per heavy atom. The Kier molecular flexibility index (Phi) is 3.64. The van der Waals surface area contributed by atoms with Crippen LogP contribution >= 0.6 is 15.9 Å². The van der Waals surface area contributed by atoms with Crippen molar-refractivity contribution >= 4 is 27.5 Å². The van der Waals surface area contributed by atoms with Crippen molar-refractivity contribution in [2.75, 3.05) is 11.9 Å². The van der Waals surface area contributed by atoms with Crippen molar-refractivity contribution in [1.82, 2.24) is 5.32 Å². The highest BCUT2D eigenvalue weighted by Gasteiger charge is 2.22. The Morgan fingerprint density at radius 2 is 2.29 bits per heavy atom. The molecule has 0 saturated heterocycles. The number of anilines is 1. The minimum Gasteiger partial charge on any atom is -0.376 e. The van der Waals surface area contributed by atoms with Crippen LogP contribution in [0.2, 0.25) is 0 Å². The fourth-order valence-electron chi connectivity index (χ4n) is 1.40. The van der Waals surface area contributed by atoms with Gasteiger partial charge in [-0.2, -0.15) is 5.26 Å². The van der Waals surface area contributed by atoms with Crippen molar-refractivity contribution in [2.24, 2.45) is 0 Å². The molecule has 5 heteroatoms. The summed E-state index contributed by atoms with van der Waals surface area (Å²) in [6.07, 6.45) is 2.18. The van der Waals surface area contributed by atoms with Gasteiger partial charge in [0.25, 0.3) is 0 Å². The Balaban J connectivity index is 1.88. The molecule has 0 unspecified atom stereocenters. The number of hydrogen-bond acceptors (Lipinski definition) is 3. The first-order valence-corrected chi connectivity index (χ1v) is 6.21. The van der Waals surface area contributed by atoms with Gasteiger partial charge in [-0.05, 0) is 47.0 Å². The predicted octanol–water partition coefficient (Wildman–Crippen LogP) is 2.01. The molecule has 0 radical (unpaired) electrons. The van der Waals surface area contributed by atoms with Crippen molar-refractivity contribution < 1.29 is 4.79 Å². The number of nitrogens with zero attached hydrogens (tertiary/aromatic N) is 1. The van der Waals surface area contributed by atoms with E-state index in [-0.39, 0.29) is 12.5 Å².